The molecule has 1 aromatic carbocycles. The van der Waals surface area contributed by atoms with Gasteiger partial charge in [0.2, 0.25) is 5.91 Å². The van der Waals surface area contributed by atoms with Crippen LogP contribution >= 0.6 is 23.2 Å². The van der Waals surface area contributed by atoms with Crippen molar-refractivity contribution in [2.45, 2.75) is 26.7 Å². The number of anilines is 1. The van der Waals surface area contributed by atoms with Crippen LogP contribution in [0.1, 0.15) is 24.7 Å². The summed E-state index contributed by atoms with van der Waals surface area (Å²) in [6.45, 7) is 6.05. The highest BCUT2D eigenvalue weighted by molar-refractivity contribution is 6.35. The quantitative estimate of drug-likeness (QED) is 0.694. The summed E-state index contributed by atoms with van der Waals surface area (Å²) in [5.74, 6) is -0.313. The lowest BCUT2D eigenvalue weighted by molar-refractivity contribution is -0.138. The third-order valence-electron chi connectivity index (χ3n) is 5.24. The second-order valence-corrected chi connectivity index (χ2v) is 8.52. The molecule has 1 aliphatic heterocycles. The maximum atomic E-state index is 13.2. The largest absolute Gasteiger partial charge is 0.368 e. The lowest BCUT2D eigenvalue weighted by atomic mass is 9.95. The Hall–Kier alpha value is -2.05. The summed E-state index contributed by atoms with van der Waals surface area (Å²) in [6, 6.07) is 7.45. The van der Waals surface area contributed by atoms with E-state index in [4.69, 9.17) is 23.2 Å². The van der Waals surface area contributed by atoms with Crippen LogP contribution < -0.4 is 4.90 Å². The number of hydrogen-bond donors (Lipinski definition) is 0. The molecule has 156 valence electrons. The maximum absolute atomic E-state index is 13.2. The number of carbonyl (C=O) groups excluding carboxylic acids is 2. The Bertz CT molecular complexity index is 884. The molecular weight excluding hydrogens is 411 g/mol. The molecule has 0 aliphatic carbocycles. The number of aromatic nitrogens is 2. The first kappa shape index (κ1) is 21.7. The minimum Gasteiger partial charge on any atom is -0.368 e. The Morgan fingerprint density at radius 2 is 1.69 bits per heavy atom. The number of piperazine rings is 1. The molecule has 3 rings (SSSR count). The van der Waals surface area contributed by atoms with Gasteiger partial charge in [-0.1, -0.05) is 23.2 Å². The van der Waals surface area contributed by atoms with Crippen molar-refractivity contribution in [3.63, 3.8) is 0 Å². The molecule has 0 radical (unpaired) electrons. The second-order valence-electron chi connectivity index (χ2n) is 7.65. The molecule has 8 heteroatoms. The molecule has 0 bridgehead atoms. The van der Waals surface area contributed by atoms with Crippen molar-refractivity contribution in [1.29, 1.82) is 0 Å². The van der Waals surface area contributed by atoms with Gasteiger partial charge in [-0.2, -0.15) is 5.10 Å². The standard InChI is InChI=1S/C21H26Cl2N4O2/c1-14-8-19(25(3)24-14)10-16(9-15(2)28)21(29)27-6-4-26(5-7-27)20-12-17(22)11-18(23)13-20/h8,11-13,16H,4-7,9-10H2,1-3H3. The van der Waals surface area contributed by atoms with E-state index in [1.54, 1.807) is 10.7 Å². The smallest absolute Gasteiger partial charge is 0.226 e. The number of hydrogen-bond acceptors (Lipinski definition) is 4. The molecule has 1 amide bonds. The van der Waals surface area contributed by atoms with Crippen molar-refractivity contribution >= 4 is 40.6 Å². The third-order valence-corrected chi connectivity index (χ3v) is 5.68. The molecule has 6 nitrogen and oxygen atoms in total. The van der Waals surface area contributed by atoms with Crippen LogP contribution in [0.2, 0.25) is 10.0 Å². The summed E-state index contributed by atoms with van der Waals surface area (Å²) in [5.41, 5.74) is 2.83. The van der Waals surface area contributed by atoms with E-state index in [0.29, 0.717) is 42.6 Å². The first-order valence-corrected chi connectivity index (χ1v) is 10.5. The van der Waals surface area contributed by atoms with E-state index < -0.39 is 0 Å². The van der Waals surface area contributed by atoms with Crippen LogP contribution in [0.4, 0.5) is 5.69 Å². The Kier molecular flexibility index (Phi) is 6.85. The van der Waals surface area contributed by atoms with Crippen molar-refractivity contribution in [3.8, 4) is 0 Å². The van der Waals surface area contributed by atoms with Gasteiger partial charge >= 0.3 is 0 Å². The molecule has 1 saturated heterocycles. The van der Waals surface area contributed by atoms with Crippen molar-refractivity contribution < 1.29 is 9.59 Å². The second kappa shape index (κ2) is 9.18. The third kappa shape index (κ3) is 5.52. The van der Waals surface area contributed by atoms with Gasteiger partial charge in [-0.3, -0.25) is 9.48 Å². The Balaban J connectivity index is 1.67. The molecule has 1 atom stereocenters. The average Bonchev–Trinajstić information content (AvgIpc) is 2.96. The average molecular weight is 437 g/mol. The number of benzene rings is 1. The van der Waals surface area contributed by atoms with Crippen LogP contribution in [0.25, 0.3) is 0 Å². The molecule has 1 aromatic heterocycles. The fraction of sp³-hybridized carbons (Fsp3) is 0.476. The normalized spacial score (nSPS) is 15.5. The van der Waals surface area contributed by atoms with Crippen LogP contribution in [0.3, 0.4) is 0 Å². The first-order chi connectivity index (χ1) is 13.7. The highest BCUT2D eigenvalue weighted by Gasteiger charge is 2.29. The van der Waals surface area contributed by atoms with Gasteiger partial charge in [0.05, 0.1) is 11.6 Å². The summed E-state index contributed by atoms with van der Waals surface area (Å²) in [4.78, 5) is 29.0. The minimum atomic E-state index is -0.366. The zero-order valence-electron chi connectivity index (χ0n) is 17.0. The summed E-state index contributed by atoms with van der Waals surface area (Å²) < 4.78 is 1.79. The fourth-order valence-electron chi connectivity index (χ4n) is 3.87. The van der Waals surface area contributed by atoms with Crippen molar-refractivity contribution in [3.05, 3.63) is 45.7 Å². The molecule has 0 N–H and O–H groups in total. The number of amides is 1. The van der Waals surface area contributed by atoms with Crippen LogP contribution in [0.5, 0.6) is 0 Å². The summed E-state index contributed by atoms with van der Waals surface area (Å²) in [6.07, 6.45) is 0.757. The number of nitrogens with zero attached hydrogens (tertiary/aromatic N) is 4. The van der Waals surface area contributed by atoms with E-state index in [9.17, 15) is 9.59 Å². The van der Waals surface area contributed by atoms with E-state index >= 15 is 0 Å². The fourth-order valence-corrected chi connectivity index (χ4v) is 4.38. The van der Waals surface area contributed by atoms with E-state index in [1.807, 2.05) is 37.1 Å². The number of rotatable bonds is 6. The van der Waals surface area contributed by atoms with Gasteiger partial charge < -0.3 is 14.6 Å². The van der Waals surface area contributed by atoms with E-state index in [0.717, 1.165) is 17.1 Å². The van der Waals surface area contributed by atoms with Crippen molar-refractivity contribution in [1.82, 2.24) is 14.7 Å². The number of ketones is 1. The molecule has 29 heavy (non-hydrogen) atoms. The lowest BCUT2D eigenvalue weighted by Crippen LogP contribution is -2.51. The Labute approximate surface area is 181 Å². The zero-order valence-corrected chi connectivity index (χ0v) is 18.5. The molecule has 1 unspecified atom stereocenters. The SMILES string of the molecule is CC(=O)CC(Cc1cc(C)nn1C)C(=O)N1CCN(c2cc(Cl)cc(Cl)c2)CC1. The molecule has 0 saturated carbocycles. The maximum Gasteiger partial charge on any atom is 0.226 e. The topological polar surface area (TPSA) is 58.4 Å². The van der Waals surface area contributed by atoms with Crippen LogP contribution in [0.15, 0.2) is 24.3 Å². The predicted molar refractivity (Wildman–Crippen MR) is 116 cm³/mol. The van der Waals surface area contributed by atoms with Gasteiger partial charge in [0.15, 0.2) is 0 Å². The highest BCUT2D eigenvalue weighted by Crippen LogP contribution is 2.27. The molecule has 2 aromatic rings. The van der Waals surface area contributed by atoms with Gasteiger partial charge in [0.25, 0.3) is 0 Å². The van der Waals surface area contributed by atoms with Crippen molar-refractivity contribution in [2.75, 3.05) is 31.1 Å². The van der Waals surface area contributed by atoms with E-state index in [2.05, 4.69) is 10.00 Å². The first-order valence-electron chi connectivity index (χ1n) is 9.71. The summed E-state index contributed by atoms with van der Waals surface area (Å²) >= 11 is 12.2. The zero-order chi connectivity index (χ0) is 21.1. The van der Waals surface area contributed by atoms with Gasteiger partial charge in [-0.25, -0.2) is 0 Å². The molecule has 0 spiro atoms. The lowest BCUT2D eigenvalue weighted by Gasteiger charge is -2.37. The number of halogens is 2. The number of aryl methyl sites for hydroxylation is 2. The minimum absolute atomic E-state index is 0.0226. The molecular formula is C21H26Cl2N4O2. The van der Waals surface area contributed by atoms with E-state index in [1.165, 1.54) is 6.92 Å². The number of Topliss-reactive ketones (excluding diaryl/α,β-unsaturated/α-hetero) is 1. The van der Waals surface area contributed by atoms with Gasteiger partial charge in [-0.15, -0.1) is 0 Å². The Morgan fingerprint density at radius 1 is 1.07 bits per heavy atom. The van der Waals surface area contributed by atoms with Crippen LogP contribution in [0, 0.1) is 12.8 Å². The predicted octanol–water partition coefficient (Wildman–Crippen LogP) is 3.52. The summed E-state index contributed by atoms with van der Waals surface area (Å²) in [5, 5.41) is 5.54. The van der Waals surface area contributed by atoms with Gasteiger partial charge in [-0.05, 0) is 38.1 Å². The van der Waals surface area contributed by atoms with Gasteiger partial charge in [0, 0.05) is 67.5 Å². The van der Waals surface area contributed by atoms with Crippen molar-refractivity contribution in [2.24, 2.45) is 13.0 Å². The molecule has 1 aliphatic rings. The highest BCUT2D eigenvalue weighted by atomic mass is 35.5. The Morgan fingerprint density at radius 3 is 2.21 bits per heavy atom. The molecule has 1 fully saturated rings. The summed E-state index contributed by atoms with van der Waals surface area (Å²) in [7, 11) is 1.87. The van der Waals surface area contributed by atoms with E-state index in [-0.39, 0.29) is 24.0 Å². The monoisotopic (exact) mass is 436 g/mol. The number of carbonyl (C=O) groups is 2. The van der Waals surface area contributed by atoms with Gasteiger partial charge in [0.1, 0.15) is 5.78 Å². The van der Waals surface area contributed by atoms with Crippen LogP contribution in [-0.2, 0) is 23.1 Å². The molecule has 2 heterocycles. The van der Waals surface area contributed by atoms with Crippen LogP contribution in [-0.4, -0.2) is 52.5 Å².